The topological polar surface area (TPSA) is 20.3 Å². The van der Waals surface area contributed by atoms with Crippen LogP contribution >= 0.6 is 27.7 Å². The van der Waals surface area contributed by atoms with Crippen LogP contribution in [0.4, 0.5) is 0 Å². The predicted molar refractivity (Wildman–Crippen MR) is 86.1 cm³/mol. The molecule has 0 radical (unpaired) electrons. The highest BCUT2D eigenvalue weighted by molar-refractivity contribution is 9.08. The Morgan fingerprint density at radius 1 is 1.32 bits per heavy atom. The molecular weight excluding hydrogens is 322 g/mol. The zero-order chi connectivity index (χ0) is 13.9. The molecule has 104 valence electrons. The number of hydrogen-bond donors (Lipinski definition) is 0. The molecule has 4 heteroatoms. The monoisotopic (exact) mass is 341 g/mol. The highest BCUT2D eigenvalue weighted by Gasteiger charge is 2.26. The van der Waals surface area contributed by atoms with E-state index in [1.165, 1.54) is 5.56 Å². The van der Waals surface area contributed by atoms with Crippen molar-refractivity contribution >= 4 is 33.6 Å². The normalized spacial score (nSPS) is 19.0. The SMILES string of the molecule is CC1(C)CCN(C(=O)c2ccc(CBr)cc2)CCS1. The summed E-state index contributed by atoms with van der Waals surface area (Å²) in [5.74, 6) is 1.19. The van der Waals surface area contributed by atoms with Crippen molar-refractivity contribution in [2.45, 2.75) is 30.3 Å². The van der Waals surface area contributed by atoms with Gasteiger partial charge in [-0.05, 0) is 24.1 Å². The van der Waals surface area contributed by atoms with Crippen molar-refractivity contribution in [3.63, 3.8) is 0 Å². The lowest BCUT2D eigenvalue weighted by molar-refractivity contribution is 0.0764. The molecule has 1 saturated heterocycles. The van der Waals surface area contributed by atoms with Crippen LogP contribution in [0.5, 0.6) is 0 Å². The first-order valence-corrected chi connectivity index (χ1v) is 8.71. The third kappa shape index (κ3) is 3.99. The van der Waals surface area contributed by atoms with Gasteiger partial charge in [0.1, 0.15) is 0 Å². The minimum absolute atomic E-state index is 0.166. The average Bonchev–Trinajstić information content (AvgIpc) is 2.59. The van der Waals surface area contributed by atoms with Gasteiger partial charge in [-0.1, -0.05) is 41.9 Å². The Kier molecular flexibility index (Phi) is 4.96. The molecule has 1 aliphatic heterocycles. The second kappa shape index (κ2) is 6.31. The Bertz CT molecular complexity index is 444. The highest BCUT2D eigenvalue weighted by atomic mass is 79.9. The van der Waals surface area contributed by atoms with Crippen LogP contribution in [0.3, 0.4) is 0 Å². The quantitative estimate of drug-likeness (QED) is 0.759. The number of thioether (sulfide) groups is 1. The van der Waals surface area contributed by atoms with E-state index in [1.807, 2.05) is 40.9 Å². The van der Waals surface area contributed by atoms with Gasteiger partial charge in [0.05, 0.1) is 0 Å². The van der Waals surface area contributed by atoms with Crippen LogP contribution in [0.2, 0.25) is 0 Å². The number of alkyl halides is 1. The van der Waals surface area contributed by atoms with Gasteiger partial charge in [0.15, 0.2) is 0 Å². The van der Waals surface area contributed by atoms with Crippen molar-refractivity contribution < 1.29 is 4.79 Å². The van der Waals surface area contributed by atoms with E-state index >= 15 is 0 Å². The first-order chi connectivity index (χ1) is 9.02. The van der Waals surface area contributed by atoms with E-state index in [1.54, 1.807) is 0 Å². The molecule has 0 spiro atoms. The van der Waals surface area contributed by atoms with Crippen LogP contribution in [0.1, 0.15) is 36.2 Å². The summed E-state index contributed by atoms with van der Waals surface area (Å²) in [7, 11) is 0. The number of benzene rings is 1. The third-order valence-electron chi connectivity index (χ3n) is 3.48. The van der Waals surface area contributed by atoms with Gasteiger partial charge in [-0.15, -0.1) is 0 Å². The van der Waals surface area contributed by atoms with Crippen molar-refractivity contribution in [1.29, 1.82) is 0 Å². The molecule has 1 aliphatic rings. The zero-order valence-corrected chi connectivity index (χ0v) is 13.9. The van der Waals surface area contributed by atoms with E-state index in [0.717, 1.165) is 36.2 Å². The van der Waals surface area contributed by atoms with E-state index in [0.29, 0.717) is 0 Å². The number of halogens is 1. The fourth-order valence-electron chi connectivity index (χ4n) is 2.14. The maximum Gasteiger partial charge on any atom is 0.253 e. The smallest absolute Gasteiger partial charge is 0.253 e. The van der Waals surface area contributed by atoms with Gasteiger partial charge in [-0.3, -0.25) is 4.79 Å². The van der Waals surface area contributed by atoms with Crippen LogP contribution in [0.25, 0.3) is 0 Å². The van der Waals surface area contributed by atoms with Gasteiger partial charge in [0.2, 0.25) is 0 Å². The summed E-state index contributed by atoms with van der Waals surface area (Å²) in [5, 5.41) is 0.829. The number of carbonyl (C=O) groups excluding carboxylic acids is 1. The molecule has 1 fully saturated rings. The first-order valence-electron chi connectivity index (χ1n) is 6.60. The lowest BCUT2D eigenvalue weighted by Gasteiger charge is -2.22. The molecule has 0 saturated carbocycles. The number of amides is 1. The molecule has 0 aliphatic carbocycles. The summed E-state index contributed by atoms with van der Waals surface area (Å²) in [5.41, 5.74) is 2.00. The fraction of sp³-hybridized carbons (Fsp3) is 0.533. The van der Waals surface area contributed by atoms with E-state index in [2.05, 4.69) is 29.8 Å². The van der Waals surface area contributed by atoms with Crippen LogP contribution in [0, 0.1) is 0 Å². The van der Waals surface area contributed by atoms with E-state index in [9.17, 15) is 4.79 Å². The molecule has 0 unspecified atom stereocenters. The Labute approximate surface area is 128 Å². The van der Waals surface area contributed by atoms with Crippen molar-refractivity contribution in [3.8, 4) is 0 Å². The molecule has 19 heavy (non-hydrogen) atoms. The Balaban J connectivity index is 2.06. The molecule has 2 nitrogen and oxygen atoms in total. The maximum atomic E-state index is 12.5. The van der Waals surface area contributed by atoms with E-state index in [4.69, 9.17) is 0 Å². The van der Waals surface area contributed by atoms with Crippen molar-refractivity contribution in [1.82, 2.24) is 4.90 Å². The van der Waals surface area contributed by atoms with Crippen LogP contribution in [-0.2, 0) is 5.33 Å². The number of hydrogen-bond acceptors (Lipinski definition) is 2. The number of rotatable bonds is 2. The first kappa shape index (κ1) is 14.9. The van der Waals surface area contributed by atoms with Gasteiger partial charge in [0, 0.05) is 34.5 Å². The molecular formula is C15H20BrNOS. The molecule has 1 heterocycles. The Morgan fingerprint density at radius 2 is 2.00 bits per heavy atom. The van der Waals surface area contributed by atoms with Gasteiger partial charge in [-0.25, -0.2) is 0 Å². The summed E-state index contributed by atoms with van der Waals surface area (Å²) >= 11 is 5.38. The average molecular weight is 342 g/mol. The van der Waals surface area contributed by atoms with Crippen molar-refractivity contribution in [2.24, 2.45) is 0 Å². The van der Waals surface area contributed by atoms with Crippen LogP contribution in [0.15, 0.2) is 24.3 Å². The zero-order valence-electron chi connectivity index (χ0n) is 11.5. The third-order valence-corrected chi connectivity index (χ3v) is 5.50. The maximum absolute atomic E-state index is 12.5. The molecule has 0 N–H and O–H groups in total. The molecule has 0 atom stereocenters. The largest absolute Gasteiger partial charge is 0.338 e. The van der Waals surface area contributed by atoms with Crippen molar-refractivity contribution in [3.05, 3.63) is 35.4 Å². The lowest BCUT2D eigenvalue weighted by Crippen LogP contribution is -2.33. The Morgan fingerprint density at radius 3 is 2.63 bits per heavy atom. The summed E-state index contributed by atoms with van der Waals surface area (Å²) in [6, 6.07) is 7.89. The minimum Gasteiger partial charge on any atom is -0.338 e. The van der Waals surface area contributed by atoms with Crippen molar-refractivity contribution in [2.75, 3.05) is 18.8 Å². The van der Waals surface area contributed by atoms with Gasteiger partial charge in [-0.2, -0.15) is 11.8 Å². The molecule has 0 aromatic heterocycles. The molecule has 0 bridgehead atoms. The van der Waals surface area contributed by atoms with E-state index < -0.39 is 0 Å². The summed E-state index contributed by atoms with van der Waals surface area (Å²) in [6.07, 6.45) is 1.06. The van der Waals surface area contributed by atoms with Gasteiger partial charge < -0.3 is 4.90 Å². The molecule has 1 amide bonds. The van der Waals surface area contributed by atoms with Crippen LogP contribution < -0.4 is 0 Å². The molecule has 2 rings (SSSR count). The highest BCUT2D eigenvalue weighted by Crippen LogP contribution is 2.31. The number of nitrogens with zero attached hydrogens (tertiary/aromatic N) is 1. The van der Waals surface area contributed by atoms with Crippen LogP contribution in [-0.4, -0.2) is 34.4 Å². The second-order valence-electron chi connectivity index (χ2n) is 5.48. The minimum atomic E-state index is 0.166. The predicted octanol–water partition coefficient (Wildman–Crippen LogP) is 3.94. The summed E-state index contributed by atoms with van der Waals surface area (Å²) < 4.78 is 0.287. The van der Waals surface area contributed by atoms with E-state index in [-0.39, 0.29) is 10.7 Å². The van der Waals surface area contributed by atoms with Gasteiger partial charge in [0.25, 0.3) is 5.91 Å². The van der Waals surface area contributed by atoms with Gasteiger partial charge >= 0.3 is 0 Å². The second-order valence-corrected chi connectivity index (χ2v) is 7.84. The number of carbonyl (C=O) groups is 1. The fourth-order valence-corrected chi connectivity index (χ4v) is 3.62. The Hall–Kier alpha value is -0.480. The summed E-state index contributed by atoms with van der Waals surface area (Å²) in [4.78, 5) is 14.5. The lowest BCUT2D eigenvalue weighted by atomic mass is 10.1. The molecule has 1 aromatic rings. The standard InChI is InChI=1S/C15H20BrNOS/c1-15(2)7-8-17(9-10-19-15)14(18)13-5-3-12(11-16)4-6-13/h3-6H,7-11H2,1-2H3. The summed E-state index contributed by atoms with van der Waals surface area (Å²) in [6.45, 7) is 6.24. The molecule has 1 aromatic carbocycles.